The fourth-order valence-corrected chi connectivity index (χ4v) is 3.50. The summed E-state index contributed by atoms with van der Waals surface area (Å²) in [6, 6.07) is 8.16. The highest BCUT2D eigenvalue weighted by Crippen LogP contribution is 2.35. The number of aromatic nitrogens is 1. The molecule has 0 radical (unpaired) electrons. The Morgan fingerprint density at radius 3 is 2.76 bits per heavy atom. The van der Waals surface area contributed by atoms with Gasteiger partial charge in [-0.15, -0.1) is 11.3 Å². The molecule has 0 saturated heterocycles. The molecule has 1 unspecified atom stereocenters. The van der Waals surface area contributed by atoms with E-state index in [-0.39, 0.29) is 0 Å². The minimum absolute atomic E-state index is 0.378. The largest absolute Gasteiger partial charge is 0.330 e. The summed E-state index contributed by atoms with van der Waals surface area (Å²) in [5.74, 6) is 0.378. The van der Waals surface area contributed by atoms with E-state index < -0.39 is 0 Å². The monoisotopic (exact) mass is 310 g/mol. The minimum atomic E-state index is 0.378. The number of benzene rings is 1. The zero-order chi connectivity index (χ0) is 12.4. The van der Waals surface area contributed by atoms with Crippen LogP contribution in [0.15, 0.2) is 28.7 Å². The maximum atomic E-state index is 5.72. The molecule has 4 heteroatoms. The van der Waals surface area contributed by atoms with Crippen molar-refractivity contribution >= 4 is 27.3 Å². The first-order chi connectivity index (χ1) is 8.13. The fourth-order valence-electron chi connectivity index (χ4n) is 1.72. The second kappa shape index (κ2) is 5.29. The quantitative estimate of drug-likeness (QED) is 0.932. The van der Waals surface area contributed by atoms with E-state index in [0.717, 1.165) is 20.7 Å². The predicted molar refractivity (Wildman–Crippen MR) is 77.5 cm³/mol. The maximum absolute atomic E-state index is 5.72. The van der Waals surface area contributed by atoms with E-state index in [9.17, 15) is 0 Å². The summed E-state index contributed by atoms with van der Waals surface area (Å²) in [5.41, 5.74) is 7.97. The molecular weight excluding hydrogens is 296 g/mol. The normalized spacial score (nSPS) is 12.7. The molecule has 1 aromatic carbocycles. The summed E-state index contributed by atoms with van der Waals surface area (Å²) < 4.78 is 1.08. The molecule has 90 valence electrons. The number of nitrogens with two attached hydrogens (primary N) is 1. The Balaban J connectivity index is 2.45. The number of hydrogen-bond donors (Lipinski definition) is 1. The van der Waals surface area contributed by atoms with Crippen molar-refractivity contribution in [2.45, 2.75) is 19.8 Å². The van der Waals surface area contributed by atoms with E-state index in [1.165, 1.54) is 4.88 Å². The molecule has 0 saturated carbocycles. The first kappa shape index (κ1) is 12.7. The summed E-state index contributed by atoms with van der Waals surface area (Å²) in [4.78, 5) is 5.93. The lowest BCUT2D eigenvalue weighted by Gasteiger charge is -2.04. The van der Waals surface area contributed by atoms with Gasteiger partial charge in [0.2, 0.25) is 0 Å². The highest BCUT2D eigenvalue weighted by Gasteiger charge is 2.15. The Morgan fingerprint density at radius 2 is 2.12 bits per heavy atom. The van der Waals surface area contributed by atoms with E-state index in [1.54, 1.807) is 11.3 Å². The van der Waals surface area contributed by atoms with Crippen molar-refractivity contribution in [3.8, 4) is 10.6 Å². The van der Waals surface area contributed by atoms with Gasteiger partial charge in [-0.25, -0.2) is 4.98 Å². The van der Waals surface area contributed by atoms with Crippen LogP contribution in [0.25, 0.3) is 10.6 Å². The highest BCUT2D eigenvalue weighted by molar-refractivity contribution is 9.10. The summed E-state index contributed by atoms with van der Waals surface area (Å²) in [6.45, 7) is 4.86. The fraction of sp³-hybridized carbons (Fsp3) is 0.308. The van der Waals surface area contributed by atoms with Crippen molar-refractivity contribution in [3.05, 3.63) is 39.3 Å². The Labute approximate surface area is 114 Å². The minimum Gasteiger partial charge on any atom is -0.330 e. The number of aryl methyl sites for hydroxylation is 1. The van der Waals surface area contributed by atoms with Gasteiger partial charge >= 0.3 is 0 Å². The van der Waals surface area contributed by atoms with E-state index in [4.69, 9.17) is 5.73 Å². The van der Waals surface area contributed by atoms with Crippen LogP contribution in [-0.2, 0) is 0 Å². The number of hydrogen-bond acceptors (Lipinski definition) is 3. The molecule has 0 aliphatic heterocycles. The molecule has 0 bridgehead atoms. The van der Waals surface area contributed by atoms with Gasteiger partial charge in [0, 0.05) is 20.8 Å². The first-order valence-corrected chi connectivity index (χ1v) is 7.16. The lowest BCUT2D eigenvalue weighted by atomic mass is 10.1. The smallest absolute Gasteiger partial charge is 0.125 e. The summed E-state index contributed by atoms with van der Waals surface area (Å²) >= 11 is 5.30. The molecule has 1 heterocycles. The molecule has 2 N–H and O–H groups in total. The van der Waals surface area contributed by atoms with Crippen molar-refractivity contribution in [1.82, 2.24) is 4.98 Å². The number of rotatable bonds is 3. The third-order valence-corrected chi connectivity index (χ3v) is 4.85. The molecule has 0 fully saturated rings. The number of thiazole rings is 1. The summed E-state index contributed by atoms with van der Waals surface area (Å²) in [7, 11) is 0. The number of halogens is 1. The summed E-state index contributed by atoms with van der Waals surface area (Å²) in [6.07, 6.45) is 0. The van der Waals surface area contributed by atoms with Gasteiger partial charge in [0.05, 0.1) is 5.69 Å². The van der Waals surface area contributed by atoms with Crippen LogP contribution in [0.5, 0.6) is 0 Å². The predicted octanol–water partition coefficient (Wildman–Crippen LogP) is 3.94. The van der Waals surface area contributed by atoms with Crippen LogP contribution < -0.4 is 5.73 Å². The van der Waals surface area contributed by atoms with E-state index in [0.29, 0.717) is 12.5 Å². The van der Waals surface area contributed by atoms with Crippen LogP contribution in [-0.4, -0.2) is 11.5 Å². The van der Waals surface area contributed by atoms with Crippen LogP contribution in [0.2, 0.25) is 0 Å². The van der Waals surface area contributed by atoms with Crippen molar-refractivity contribution < 1.29 is 0 Å². The van der Waals surface area contributed by atoms with Gasteiger partial charge < -0.3 is 5.73 Å². The van der Waals surface area contributed by atoms with Gasteiger partial charge in [-0.1, -0.05) is 41.1 Å². The Kier molecular flexibility index (Phi) is 3.97. The third kappa shape index (κ3) is 2.59. The van der Waals surface area contributed by atoms with Crippen molar-refractivity contribution in [1.29, 1.82) is 0 Å². The second-order valence-electron chi connectivity index (χ2n) is 4.09. The van der Waals surface area contributed by atoms with Gasteiger partial charge in [0.1, 0.15) is 5.01 Å². The lowest BCUT2D eigenvalue weighted by molar-refractivity contribution is 0.780. The zero-order valence-electron chi connectivity index (χ0n) is 9.90. The first-order valence-electron chi connectivity index (χ1n) is 5.55. The van der Waals surface area contributed by atoms with E-state index >= 15 is 0 Å². The summed E-state index contributed by atoms with van der Waals surface area (Å²) in [5, 5.41) is 1.06. The van der Waals surface area contributed by atoms with Crippen molar-refractivity contribution in [2.75, 3.05) is 6.54 Å². The third-order valence-electron chi connectivity index (χ3n) is 2.74. The average Bonchev–Trinajstić information content (AvgIpc) is 2.71. The van der Waals surface area contributed by atoms with Crippen LogP contribution in [0.3, 0.4) is 0 Å². The lowest BCUT2D eigenvalue weighted by Crippen LogP contribution is -2.08. The molecule has 0 aliphatic rings. The second-order valence-corrected chi connectivity index (χ2v) is 5.97. The molecule has 2 nitrogen and oxygen atoms in total. The van der Waals surface area contributed by atoms with E-state index in [2.05, 4.69) is 40.8 Å². The molecule has 2 aromatic rings. The maximum Gasteiger partial charge on any atom is 0.125 e. The average molecular weight is 311 g/mol. The Hall–Kier alpha value is -0.710. The molecular formula is C13H15BrN2S. The van der Waals surface area contributed by atoms with Gasteiger partial charge in [-0.2, -0.15) is 0 Å². The molecule has 17 heavy (non-hydrogen) atoms. The van der Waals surface area contributed by atoms with Gasteiger partial charge in [-0.3, -0.25) is 0 Å². The van der Waals surface area contributed by atoms with Crippen LogP contribution in [0.1, 0.15) is 23.4 Å². The van der Waals surface area contributed by atoms with E-state index in [1.807, 2.05) is 18.2 Å². The molecule has 0 spiro atoms. The number of nitrogens with zero attached hydrogens (tertiary/aromatic N) is 1. The van der Waals surface area contributed by atoms with Gasteiger partial charge in [0.15, 0.2) is 0 Å². The Bertz CT molecular complexity index is 522. The van der Waals surface area contributed by atoms with Crippen molar-refractivity contribution in [3.63, 3.8) is 0 Å². The van der Waals surface area contributed by atoms with Crippen molar-refractivity contribution in [2.24, 2.45) is 5.73 Å². The van der Waals surface area contributed by atoms with Crippen LogP contribution in [0, 0.1) is 6.92 Å². The SMILES string of the molecule is Cc1nc(-c2ccccc2Br)sc1C(C)CN. The zero-order valence-corrected chi connectivity index (χ0v) is 12.3. The van der Waals surface area contributed by atoms with Gasteiger partial charge in [0.25, 0.3) is 0 Å². The van der Waals surface area contributed by atoms with Crippen LogP contribution >= 0.6 is 27.3 Å². The van der Waals surface area contributed by atoms with Crippen LogP contribution in [0.4, 0.5) is 0 Å². The molecule has 0 aliphatic carbocycles. The molecule has 2 rings (SSSR count). The Morgan fingerprint density at radius 1 is 1.41 bits per heavy atom. The molecule has 1 aromatic heterocycles. The van der Waals surface area contributed by atoms with Gasteiger partial charge in [-0.05, 0) is 19.5 Å². The standard InChI is InChI=1S/C13H15BrN2S/c1-8(7-15)12-9(2)16-13(17-12)10-5-3-4-6-11(10)14/h3-6,8H,7,15H2,1-2H3. The highest BCUT2D eigenvalue weighted by atomic mass is 79.9. The molecule has 1 atom stereocenters. The topological polar surface area (TPSA) is 38.9 Å². The molecule has 0 amide bonds.